The maximum absolute atomic E-state index is 12.6. The number of fused-ring (bicyclic) bond motifs is 1. The Kier molecular flexibility index (Phi) is 7.71. The van der Waals surface area contributed by atoms with Gasteiger partial charge in [-0.15, -0.1) is 0 Å². The van der Waals surface area contributed by atoms with E-state index in [2.05, 4.69) is 28.8 Å². The highest BCUT2D eigenvalue weighted by molar-refractivity contribution is 7.89. The third-order valence-electron chi connectivity index (χ3n) is 6.18. The van der Waals surface area contributed by atoms with Crippen LogP contribution in [0.15, 0.2) is 23.1 Å². The van der Waals surface area contributed by atoms with Gasteiger partial charge in [0.1, 0.15) is 0 Å². The summed E-state index contributed by atoms with van der Waals surface area (Å²) < 4.78 is 27.7. The summed E-state index contributed by atoms with van der Waals surface area (Å²) in [6.45, 7) is 7.28. The predicted octanol–water partition coefficient (Wildman–Crippen LogP) is 2.47. The van der Waals surface area contributed by atoms with Crippen LogP contribution in [0.4, 0.5) is 0 Å². The molecule has 0 bridgehead atoms. The van der Waals surface area contributed by atoms with Gasteiger partial charge in [0.15, 0.2) is 0 Å². The number of carbonyl (C=O) groups excluding carboxylic acids is 1. The van der Waals surface area contributed by atoms with Crippen molar-refractivity contribution in [3.63, 3.8) is 0 Å². The lowest BCUT2D eigenvalue weighted by Gasteiger charge is -2.35. The Hall–Kier alpha value is -1.44. The molecule has 1 fully saturated rings. The van der Waals surface area contributed by atoms with E-state index < -0.39 is 10.0 Å². The Morgan fingerprint density at radius 2 is 1.97 bits per heavy atom. The van der Waals surface area contributed by atoms with Gasteiger partial charge in [-0.25, -0.2) is 13.1 Å². The molecule has 1 aromatic carbocycles. The molecule has 1 aromatic rings. The van der Waals surface area contributed by atoms with Gasteiger partial charge in [-0.2, -0.15) is 0 Å². The molecule has 0 saturated carbocycles. The molecule has 6 nitrogen and oxygen atoms in total. The summed E-state index contributed by atoms with van der Waals surface area (Å²) in [6.07, 6.45) is 6.88. The van der Waals surface area contributed by atoms with Crippen LogP contribution >= 0.6 is 0 Å². The van der Waals surface area contributed by atoms with Crippen molar-refractivity contribution in [3.05, 3.63) is 29.3 Å². The van der Waals surface area contributed by atoms with Gasteiger partial charge in [0.2, 0.25) is 15.9 Å². The fourth-order valence-electron chi connectivity index (χ4n) is 4.36. The molecule has 1 saturated heterocycles. The van der Waals surface area contributed by atoms with Gasteiger partial charge in [0.25, 0.3) is 0 Å². The zero-order valence-electron chi connectivity index (χ0n) is 17.7. The Morgan fingerprint density at radius 1 is 1.21 bits per heavy atom. The van der Waals surface area contributed by atoms with E-state index in [1.54, 1.807) is 12.1 Å². The molecule has 1 amide bonds. The molecule has 0 spiro atoms. The van der Waals surface area contributed by atoms with E-state index in [1.807, 2.05) is 6.07 Å². The van der Waals surface area contributed by atoms with Crippen molar-refractivity contribution < 1.29 is 13.2 Å². The van der Waals surface area contributed by atoms with Crippen LogP contribution in [0.2, 0.25) is 0 Å². The summed E-state index contributed by atoms with van der Waals surface area (Å²) >= 11 is 0. The lowest BCUT2D eigenvalue weighted by molar-refractivity contribution is -0.121. The molecule has 2 unspecified atom stereocenters. The Labute approximate surface area is 175 Å². The highest BCUT2D eigenvalue weighted by Crippen LogP contribution is 2.24. The van der Waals surface area contributed by atoms with Gasteiger partial charge >= 0.3 is 0 Å². The standard InChI is InChI=1S/C22H35N3O3S/c1-17-6-5-13-25(16-17)18(2)15-23-22(26)11-12-24-29(27,28)21-10-9-19-7-3-4-8-20(19)14-21/h9-10,14,17-18,24H,3-8,11-13,15-16H2,1-2H3,(H,23,26). The van der Waals surface area contributed by atoms with E-state index in [0.29, 0.717) is 23.4 Å². The van der Waals surface area contributed by atoms with Crippen molar-refractivity contribution >= 4 is 15.9 Å². The second kappa shape index (κ2) is 10.0. The average molecular weight is 422 g/mol. The number of amides is 1. The number of benzene rings is 1. The van der Waals surface area contributed by atoms with Crippen molar-refractivity contribution in [1.82, 2.24) is 14.9 Å². The highest BCUT2D eigenvalue weighted by atomic mass is 32.2. The number of hydrogen-bond acceptors (Lipinski definition) is 4. The zero-order valence-corrected chi connectivity index (χ0v) is 18.6. The summed E-state index contributed by atoms with van der Waals surface area (Å²) in [7, 11) is -3.58. The second-order valence-corrected chi connectivity index (χ2v) is 10.4. The van der Waals surface area contributed by atoms with Crippen LogP contribution in [-0.4, -0.2) is 51.4 Å². The van der Waals surface area contributed by atoms with E-state index in [4.69, 9.17) is 0 Å². The van der Waals surface area contributed by atoms with E-state index >= 15 is 0 Å². The smallest absolute Gasteiger partial charge is 0.240 e. The van der Waals surface area contributed by atoms with Crippen molar-refractivity contribution in [2.24, 2.45) is 5.92 Å². The van der Waals surface area contributed by atoms with E-state index in [9.17, 15) is 13.2 Å². The normalized spacial score (nSPS) is 21.4. The van der Waals surface area contributed by atoms with Crippen LogP contribution in [0.25, 0.3) is 0 Å². The van der Waals surface area contributed by atoms with Crippen LogP contribution in [0.1, 0.15) is 57.1 Å². The first-order valence-electron chi connectivity index (χ1n) is 11.0. The van der Waals surface area contributed by atoms with Gasteiger partial charge < -0.3 is 5.32 Å². The SMILES string of the molecule is CC1CCCN(C(C)CNC(=O)CCNS(=O)(=O)c2ccc3c(c2)CCCC3)C1. The van der Waals surface area contributed by atoms with Crippen LogP contribution in [0.5, 0.6) is 0 Å². The first-order valence-corrected chi connectivity index (χ1v) is 12.5. The monoisotopic (exact) mass is 421 g/mol. The zero-order chi connectivity index (χ0) is 20.9. The summed E-state index contributed by atoms with van der Waals surface area (Å²) in [5.41, 5.74) is 2.39. The number of nitrogens with zero attached hydrogens (tertiary/aromatic N) is 1. The molecule has 2 atom stereocenters. The van der Waals surface area contributed by atoms with Crippen LogP contribution in [0.3, 0.4) is 0 Å². The molecule has 29 heavy (non-hydrogen) atoms. The molecule has 7 heteroatoms. The number of aryl methyl sites for hydroxylation is 2. The quantitative estimate of drug-likeness (QED) is 0.676. The molecule has 162 valence electrons. The average Bonchev–Trinajstić information content (AvgIpc) is 2.71. The lowest BCUT2D eigenvalue weighted by Crippen LogP contribution is -2.46. The van der Waals surface area contributed by atoms with Crippen molar-refractivity contribution in [3.8, 4) is 0 Å². The van der Waals surface area contributed by atoms with Gasteiger partial charge in [0.05, 0.1) is 4.90 Å². The third-order valence-corrected chi connectivity index (χ3v) is 7.64. The number of rotatable bonds is 8. The molecule has 1 aliphatic heterocycles. The molecule has 2 aliphatic rings. The van der Waals surface area contributed by atoms with Gasteiger partial charge in [0, 0.05) is 32.1 Å². The second-order valence-electron chi connectivity index (χ2n) is 8.68. The number of hydrogen-bond donors (Lipinski definition) is 2. The minimum Gasteiger partial charge on any atom is -0.355 e. The number of piperidine rings is 1. The van der Waals surface area contributed by atoms with E-state index in [0.717, 1.165) is 37.9 Å². The summed E-state index contributed by atoms with van der Waals surface area (Å²) in [6, 6.07) is 5.69. The topological polar surface area (TPSA) is 78.5 Å². The fourth-order valence-corrected chi connectivity index (χ4v) is 5.45. The summed E-state index contributed by atoms with van der Waals surface area (Å²) in [5, 5.41) is 2.95. The van der Waals surface area contributed by atoms with Crippen LogP contribution in [0, 0.1) is 5.92 Å². The molecule has 0 aromatic heterocycles. The maximum atomic E-state index is 12.6. The Bertz CT molecular complexity index is 810. The van der Waals surface area contributed by atoms with Gasteiger partial charge in [-0.05, 0) is 81.2 Å². The molecule has 2 N–H and O–H groups in total. The van der Waals surface area contributed by atoms with Crippen molar-refractivity contribution in [2.75, 3.05) is 26.2 Å². The first-order chi connectivity index (χ1) is 13.8. The minimum atomic E-state index is -3.58. The fraction of sp³-hybridized carbons (Fsp3) is 0.682. The first kappa shape index (κ1) is 22.2. The lowest BCUT2D eigenvalue weighted by atomic mass is 9.92. The van der Waals surface area contributed by atoms with Crippen molar-refractivity contribution in [2.45, 2.75) is 69.7 Å². The van der Waals surface area contributed by atoms with E-state index in [1.165, 1.54) is 24.8 Å². The van der Waals surface area contributed by atoms with Crippen LogP contribution < -0.4 is 10.0 Å². The molecule has 1 aliphatic carbocycles. The summed E-state index contributed by atoms with van der Waals surface area (Å²) in [5.74, 6) is 0.593. The predicted molar refractivity (Wildman–Crippen MR) is 115 cm³/mol. The van der Waals surface area contributed by atoms with Crippen LogP contribution in [-0.2, 0) is 27.7 Å². The van der Waals surface area contributed by atoms with Gasteiger partial charge in [-0.1, -0.05) is 13.0 Å². The van der Waals surface area contributed by atoms with Gasteiger partial charge in [-0.3, -0.25) is 9.69 Å². The largest absolute Gasteiger partial charge is 0.355 e. The Balaban J connectivity index is 1.42. The van der Waals surface area contributed by atoms with Crippen molar-refractivity contribution in [1.29, 1.82) is 0 Å². The maximum Gasteiger partial charge on any atom is 0.240 e. The molecule has 3 rings (SSSR count). The third kappa shape index (κ3) is 6.27. The molecular formula is C22H35N3O3S. The molecular weight excluding hydrogens is 386 g/mol. The molecule has 0 radical (unpaired) electrons. The number of nitrogens with one attached hydrogen (secondary N) is 2. The summed E-state index contributed by atoms with van der Waals surface area (Å²) in [4.78, 5) is 14.9. The number of likely N-dealkylation sites (tertiary alicyclic amines) is 1. The highest BCUT2D eigenvalue weighted by Gasteiger charge is 2.21. The Morgan fingerprint density at radius 3 is 2.72 bits per heavy atom. The minimum absolute atomic E-state index is 0.111. The molecule has 1 heterocycles. The number of sulfonamides is 1. The van der Waals surface area contributed by atoms with E-state index in [-0.39, 0.29) is 18.9 Å². The number of carbonyl (C=O) groups is 1.